The van der Waals surface area contributed by atoms with Crippen LogP contribution in [0.1, 0.15) is 60.5 Å². The number of aliphatic hydroxyl groups excluding tert-OH is 1. The van der Waals surface area contributed by atoms with Gasteiger partial charge in [-0.2, -0.15) is 11.3 Å². The first kappa shape index (κ1) is 28.3. The average Bonchev–Trinajstić information content (AvgIpc) is 3.58. The molecule has 0 radical (unpaired) electrons. The van der Waals surface area contributed by atoms with Gasteiger partial charge in [0.2, 0.25) is 0 Å². The Morgan fingerprint density at radius 1 is 1.13 bits per heavy atom. The fraction of sp³-hybridized carbons (Fsp3) is 0.379. The highest BCUT2D eigenvalue weighted by atomic mass is 32.1. The molecule has 0 bridgehead atoms. The molecule has 0 aliphatic heterocycles. The molecular formula is C29H36N6O3S. The highest BCUT2D eigenvalue weighted by Crippen LogP contribution is 2.28. The summed E-state index contributed by atoms with van der Waals surface area (Å²) in [5.74, 6) is 0.522. The van der Waals surface area contributed by atoms with Gasteiger partial charge in [0.1, 0.15) is 17.2 Å². The molecule has 0 aliphatic carbocycles. The lowest BCUT2D eigenvalue weighted by Gasteiger charge is -2.22. The molecule has 39 heavy (non-hydrogen) atoms. The van der Waals surface area contributed by atoms with Gasteiger partial charge in [-0.05, 0) is 61.4 Å². The summed E-state index contributed by atoms with van der Waals surface area (Å²) in [4.78, 5) is 38.1. The maximum absolute atomic E-state index is 13.5. The molecule has 0 unspecified atom stereocenters. The highest BCUT2D eigenvalue weighted by molar-refractivity contribution is 7.08. The van der Waals surface area contributed by atoms with Crippen LogP contribution in [0.3, 0.4) is 0 Å². The molecule has 0 saturated heterocycles. The van der Waals surface area contributed by atoms with Gasteiger partial charge >= 0.3 is 0 Å². The molecule has 4 aromatic rings. The number of aliphatic hydroxyl groups is 1. The van der Waals surface area contributed by atoms with Crippen molar-refractivity contribution in [3.05, 3.63) is 70.3 Å². The van der Waals surface area contributed by atoms with Gasteiger partial charge in [0.15, 0.2) is 5.65 Å². The van der Waals surface area contributed by atoms with Crippen molar-refractivity contribution in [2.45, 2.75) is 52.7 Å². The summed E-state index contributed by atoms with van der Waals surface area (Å²) in [6.07, 6.45) is 4.13. The summed E-state index contributed by atoms with van der Waals surface area (Å²) in [6, 6.07) is 9.16. The number of nitrogens with zero attached hydrogens (tertiary/aromatic N) is 4. The van der Waals surface area contributed by atoms with E-state index in [1.165, 1.54) is 11.3 Å². The lowest BCUT2D eigenvalue weighted by Crippen LogP contribution is -2.39. The van der Waals surface area contributed by atoms with Gasteiger partial charge in [-0.1, -0.05) is 19.9 Å². The summed E-state index contributed by atoms with van der Waals surface area (Å²) < 4.78 is 1.65. The van der Waals surface area contributed by atoms with Crippen LogP contribution in [0.5, 0.6) is 0 Å². The van der Waals surface area contributed by atoms with Gasteiger partial charge in [-0.3, -0.25) is 14.0 Å². The third kappa shape index (κ3) is 6.46. The molecule has 0 spiro atoms. The Hall–Kier alpha value is -3.76. The first-order valence-electron chi connectivity index (χ1n) is 13.1. The summed E-state index contributed by atoms with van der Waals surface area (Å²) in [5, 5.41) is 19.6. The van der Waals surface area contributed by atoms with Gasteiger partial charge in [-0.25, -0.2) is 9.97 Å². The molecule has 10 heteroatoms. The van der Waals surface area contributed by atoms with E-state index < -0.39 is 0 Å². The molecule has 3 N–H and O–H groups in total. The lowest BCUT2D eigenvalue weighted by molar-refractivity contribution is 0.0901. The number of carbonyl (C=O) groups excluding carboxylic acids is 2. The van der Waals surface area contributed by atoms with Crippen molar-refractivity contribution in [1.82, 2.24) is 25.0 Å². The third-order valence-electron chi connectivity index (χ3n) is 6.61. The summed E-state index contributed by atoms with van der Waals surface area (Å²) >= 11 is 1.50. The molecule has 0 saturated carbocycles. The predicted molar refractivity (Wildman–Crippen MR) is 155 cm³/mol. The van der Waals surface area contributed by atoms with E-state index in [2.05, 4.69) is 34.4 Å². The van der Waals surface area contributed by atoms with Crippen LogP contribution < -0.4 is 15.5 Å². The number of nitrogens with one attached hydrogen (secondary N) is 2. The Morgan fingerprint density at radius 3 is 2.54 bits per heavy atom. The minimum atomic E-state index is -0.384. The molecule has 0 aromatic carbocycles. The minimum absolute atomic E-state index is 0.161. The largest absolute Gasteiger partial charge is 0.394 e. The topological polar surface area (TPSA) is 112 Å². The van der Waals surface area contributed by atoms with E-state index in [1.807, 2.05) is 49.9 Å². The first-order valence-corrected chi connectivity index (χ1v) is 14.0. The number of hydrogen-bond acceptors (Lipinski definition) is 7. The molecule has 4 aromatic heterocycles. The van der Waals surface area contributed by atoms with Gasteiger partial charge in [-0.15, -0.1) is 0 Å². The van der Waals surface area contributed by atoms with E-state index in [-0.39, 0.29) is 24.5 Å². The van der Waals surface area contributed by atoms with E-state index in [0.717, 1.165) is 16.9 Å². The van der Waals surface area contributed by atoms with Crippen LogP contribution in [0.25, 0.3) is 16.9 Å². The van der Waals surface area contributed by atoms with Crippen LogP contribution in [-0.4, -0.2) is 57.0 Å². The van der Waals surface area contributed by atoms with E-state index in [1.54, 1.807) is 28.9 Å². The van der Waals surface area contributed by atoms with Crippen LogP contribution in [-0.2, 0) is 6.54 Å². The van der Waals surface area contributed by atoms with Crippen LogP contribution in [0.2, 0.25) is 0 Å². The quantitative estimate of drug-likeness (QED) is 0.257. The van der Waals surface area contributed by atoms with Gasteiger partial charge in [0.05, 0.1) is 18.2 Å². The summed E-state index contributed by atoms with van der Waals surface area (Å²) in [6.45, 7) is 8.42. The lowest BCUT2D eigenvalue weighted by atomic mass is 10.0. The van der Waals surface area contributed by atoms with E-state index in [9.17, 15) is 14.7 Å². The molecule has 206 valence electrons. The first-order chi connectivity index (χ1) is 18.7. The molecule has 0 aliphatic rings. The third-order valence-corrected chi connectivity index (χ3v) is 7.30. The van der Waals surface area contributed by atoms with Crippen molar-refractivity contribution in [3.63, 3.8) is 0 Å². The molecular weight excluding hydrogens is 512 g/mol. The Morgan fingerprint density at radius 2 is 1.92 bits per heavy atom. The number of hydrogen-bond donors (Lipinski definition) is 3. The maximum Gasteiger partial charge on any atom is 0.270 e. The van der Waals surface area contributed by atoms with Crippen LogP contribution in [0.15, 0.2) is 53.5 Å². The Balaban J connectivity index is 1.62. The number of carbonyl (C=O) groups is 2. The fourth-order valence-corrected chi connectivity index (χ4v) is 4.98. The van der Waals surface area contributed by atoms with Gasteiger partial charge < -0.3 is 20.6 Å². The predicted octanol–water partition coefficient (Wildman–Crippen LogP) is 4.37. The zero-order valence-corrected chi connectivity index (χ0v) is 23.8. The number of pyridine rings is 2. The molecule has 9 nitrogen and oxygen atoms in total. The van der Waals surface area contributed by atoms with Crippen molar-refractivity contribution in [1.29, 1.82) is 0 Å². The molecule has 1 atom stereocenters. The van der Waals surface area contributed by atoms with E-state index in [0.29, 0.717) is 47.5 Å². The Labute approximate surface area is 232 Å². The van der Waals surface area contributed by atoms with Crippen molar-refractivity contribution in [2.75, 3.05) is 18.6 Å². The monoisotopic (exact) mass is 548 g/mol. The average molecular weight is 549 g/mol. The van der Waals surface area contributed by atoms with Gasteiger partial charge in [0.25, 0.3) is 11.8 Å². The molecule has 0 fully saturated rings. The standard InChI is InChI=1S/C29H36N6O3S/c1-18(2)13-22(16-36)32-29(38)26-25(21-10-12-39-17-21)33-27-23(7-6-11-35(26)27)28(37)31-15-20-8-9-24(30-14-20)34(5)19(3)4/h6-12,14,17-19,22,36H,13,15-16H2,1-5H3,(H,31,37)(H,32,38)/t22-/m0/s1. The Bertz CT molecular complexity index is 1410. The van der Waals surface area contributed by atoms with Crippen molar-refractivity contribution >= 4 is 34.6 Å². The van der Waals surface area contributed by atoms with Crippen molar-refractivity contribution < 1.29 is 14.7 Å². The number of anilines is 1. The number of aromatic nitrogens is 3. The number of fused-ring (bicyclic) bond motifs is 1. The molecule has 4 heterocycles. The maximum atomic E-state index is 13.5. The Kier molecular flexibility index (Phi) is 8.98. The second-order valence-electron chi connectivity index (χ2n) is 10.3. The van der Waals surface area contributed by atoms with Crippen LogP contribution in [0, 0.1) is 5.92 Å². The zero-order chi connectivity index (χ0) is 28.1. The number of imidazole rings is 1. The second-order valence-corrected chi connectivity index (χ2v) is 11.1. The minimum Gasteiger partial charge on any atom is -0.394 e. The van der Waals surface area contributed by atoms with Gasteiger partial charge in [0, 0.05) is 43.0 Å². The van der Waals surface area contributed by atoms with E-state index >= 15 is 0 Å². The summed E-state index contributed by atoms with van der Waals surface area (Å²) in [7, 11) is 1.99. The highest BCUT2D eigenvalue weighted by Gasteiger charge is 2.25. The summed E-state index contributed by atoms with van der Waals surface area (Å²) in [5.41, 5.74) is 3.23. The second kappa shape index (κ2) is 12.4. The van der Waals surface area contributed by atoms with Crippen molar-refractivity contribution in [3.8, 4) is 11.3 Å². The smallest absolute Gasteiger partial charge is 0.270 e. The number of amides is 2. The zero-order valence-electron chi connectivity index (χ0n) is 23.0. The van der Waals surface area contributed by atoms with Crippen molar-refractivity contribution in [2.24, 2.45) is 5.92 Å². The number of rotatable bonds is 11. The number of thiophene rings is 1. The SMILES string of the molecule is CC(C)C[C@@H](CO)NC(=O)c1c(-c2ccsc2)nc2c(C(=O)NCc3ccc(N(C)C(C)C)nc3)cccn12. The van der Waals surface area contributed by atoms with Crippen LogP contribution >= 0.6 is 11.3 Å². The fourth-order valence-electron chi connectivity index (χ4n) is 4.34. The normalized spacial score (nSPS) is 12.2. The van der Waals surface area contributed by atoms with E-state index in [4.69, 9.17) is 4.98 Å². The van der Waals surface area contributed by atoms with Crippen LogP contribution in [0.4, 0.5) is 5.82 Å². The molecule has 4 rings (SSSR count). The molecule has 2 amide bonds.